The van der Waals surface area contributed by atoms with Crippen LogP contribution in [0.3, 0.4) is 0 Å². The third-order valence-electron chi connectivity index (χ3n) is 6.07. The summed E-state index contributed by atoms with van der Waals surface area (Å²) in [7, 11) is -1.94. The van der Waals surface area contributed by atoms with Gasteiger partial charge in [0.05, 0.1) is 30.0 Å². The zero-order valence-corrected chi connectivity index (χ0v) is 24.2. The molecule has 0 saturated carbocycles. The molecule has 0 atom stereocenters. The molecule has 0 aliphatic heterocycles. The van der Waals surface area contributed by atoms with Gasteiger partial charge in [-0.05, 0) is 48.5 Å². The van der Waals surface area contributed by atoms with Gasteiger partial charge in [-0.15, -0.1) is 10.2 Å². The van der Waals surface area contributed by atoms with E-state index in [2.05, 4.69) is 20.8 Å². The van der Waals surface area contributed by atoms with Gasteiger partial charge in [0, 0.05) is 24.5 Å². The third-order valence-corrected chi connectivity index (χ3v) is 9.07. The van der Waals surface area contributed by atoms with Crippen molar-refractivity contribution in [2.24, 2.45) is 0 Å². The minimum atomic E-state index is -3.56. The first-order valence-electron chi connectivity index (χ1n) is 12.8. The highest BCUT2D eigenvalue weighted by Gasteiger charge is 2.21. The zero-order chi connectivity index (χ0) is 28.5. The molecule has 40 heavy (non-hydrogen) atoms. The molecule has 1 aromatic heterocycles. The van der Waals surface area contributed by atoms with Crippen molar-refractivity contribution >= 4 is 39.1 Å². The molecule has 3 aromatic carbocycles. The maximum Gasteiger partial charge on any atom is 0.243 e. The zero-order valence-electron chi connectivity index (χ0n) is 22.6. The van der Waals surface area contributed by atoms with E-state index in [9.17, 15) is 13.2 Å². The predicted molar refractivity (Wildman–Crippen MR) is 158 cm³/mol. The fourth-order valence-corrected chi connectivity index (χ4v) is 6.29. The van der Waals surface area contributed by atoms with Crippen LogP contribution in [0.25, 0.3) is 5.69 Å². The maximum atomic E-state index is 12.8. The number of nitrogens with one attached hydrogen (secondary N) is 2. The Labute approximate surface area is 238 Å². The molecule has 0 unspecified atom stereocenters. The van der Waals surface area contributed by atoms with E-state index in [0.29, 0.717) is 36.3 Å². The van der Waals surface area contributed by atoms with Crippen molar-refractivity contribution in [3.63, 3.8) is 0 Å². The van der Waals surface area contributed by atoms with Gasteiger partial charge >= 0.3 is 0 Å². The lowest BCUT2D eigenvalue weighted by atomic mass is 10.3. The first kappa shape index (κ1) is 29.1. The molecule has 0 bridgehead atoms. The molecular weight excluding hydrogens is 548 g/mol. The van der Waals surface area contributed by atoms with Gasteiger partial charge in [0.2, 0.25) is 15.9 Å². The largest absolute Gasteiger partial charge is 0.495 e. The van der Waals surface area contributed by atoms with Crippen molar-refractivity contribution in [3.8, 4) is 11.4 Å². The number of aromatic nitrogens is 3. The Hall–Kier alpha value is -3.87. The Kier molecular flexibility index (Phi) is 9.80. The molecule has 10 nitrogen and oxygen atoms in total. The van der Waals surface area contributed by atoms with Crippen LogP contribution in [0.5, 0.6) is 5.75 Å². The SMILES string of the molecule is CCN(CC)S(=O)(=O)c1ccc(NC(=O)CSc2nnc(CNc3ccccc3OC)n2-c2ccccc2)cc1. The summed E-state index contributed by atoms with van der Waals surface area (Å²) < 4.78 is 34.1. The molecule has 4 aromatic rings. The van der Waals surface area contributed by atoms with E-state index in [1.54, 1.807) is 33.1 Å². The summed E-state index contributed by atoms with van der Waals surface area (Å²) in [5.74, 6) is 1.23. The van der Waals surface area contributed by atoms with Crippen LogP contribution in [0.4, 0.5) is 11.4 Å². The molecule has 1 heterocycles. The number of nitrogens with zero attached hydrogens (tertiary/aromatic N) is 4. The van der Waals surface area contributed by atoms with Crippen molar-refractivity contribution in [2.45, 2.75) is 30.4 Å². The number of methoxy groups -OCH3 is 1. The normalized spacial score (nSPS) is 11.4. The molecule has 1 amide bonds. The van der Waals surface area contributed by atoms with Crippen molar-refractivity contribution < 1.29 is 17.9 Å². The molecule has 4 rings (SSSR count). The number of carbonyl (C=O) groups is 1. The van der Waals surface area contributed by atoms with Gasteiger partial charge < -0.3 is 15.4 Å². The number of hydrogen-bond acceptors (Lipinski definition) is 8. The van der Waals surface area contributed by atoms with E-state index in [4.69, 9.17) is 4.74 Å². The van der Waals surface area contributed by atoms with Crippen LogP contribution >= 0.6 is 11.8 Å². The van der Waals surface area contributed by atoms with Gasteiger partial charge in [0.25, 0.3) is 0 Å². The predicted octanol–water partition coefficient (Wildman–Crippen LogP) is 4.65. The van der Waals surface area contributed by atoms with Crippen molar-refractivity contribution in [2.75, 3.05) is 36.6 Å². The highest BCUT2D eigenvalue weighted by Crippen LogP contribution is 2.26. The summed E-state index contributed by atoms with van der Waals surface area (Å²) in [6, 6.07) is 23.5. The highest BCUT2D eigenvalue weighted by molar-refractivity contribution is 7.99. The summed E-state index contributed by atoms with van der Waals surface area (Å²) in [4.78, 5) is 13.0. The van der Waals surface area contributed by atoms with Crippen molar-refractivity contribution in [1.82, 2.24) is 19.1 Å². The summed E-state index contributed by atoms with van der Waals surface area (Å²) >= 11 is 1.26. The van der Waals surface area contributed by atoms with E-state index in [1.807, 2.05) is 59.2 Å². The molecule has 0 saturated heterocycles. The van der Waals surface area contributed by atoms with Crippen LogP contribution in [0, 0.1) is 0 Å². The second kappa shape index (κ2) is 13.5. The van der Waals surface area contributed by atoms with Crippen LogP contribution in [0.15, 0.2) is 88.9 Å². The van der Waals surface area contributed by atoms with Gasteiger partial charge in [0.15, 0.2) is 11.0 Å². The number of thioether (sulfide) groups is 1. The van der Waals surface area contributed by atoms with Gasteiger partial charge in [-0.1, -0.05) is 55.9 Å². The lowest BCUT2D eigenvalue weighted by Gasteiger charge is -2.18. The third kappa shape index (κ3) is 6.82. The Balaban J connectivity index is 1.45. The number of rotatable bonds is 13. The number of para-hydroxylation sites is 3. The van der Waals surface area contributed by atoms with Crippen LogP contribution in [-0.4, -0.2) is 59.3 Å². The average molecular weight is 581 g/mol. The first-order valence-corrected chi connectivity index (χ1v) is 15.2. The Morgan fingerprint density at radius 3 is 2.30 bits per heavy atom. The van der Waals surface area contributed by atoms with Gasteiger partial charge in [-0.3, -0.25) is 9.36 Å². The van der Waals surface area contributed by atoms with E-state index < -0.39 is 10.0 Å². The van der Waals surface area contributed by atoms with E-state index >= 15 is 0 Å². The molecule has 12 heteroatoms. The number of sulfonamides is 1. The minimum Gasteiger partial charge on any atom is -0.495 e. The number of benzene rings is 3. The Morgan fingerprint density at radius 1 is 0.950 bits per heavy atom. The standard InChI is InChI=1S/C28H32N6O4S2/c1-4-33(5-2)40(36,37)23-17-15-21(16-18-23)30-27(35)20-39-28-32-31-26(34(28)22-11-7-6-8-12-22)19-29-24-13-9-10-14-25(24)38-3/h6-18,29H,4-5,19-20H2,1-3H3,(H,30,35). The fourth-order valence-electron chi connectivity index (χ4n) is 4.06. The number of hydrogen-bond donors (Lipinski definition) is 2. The van der Waals surface area contributed by atoms with E-state index in [-0.39, 0.29) is 16.6 Å². The molecule has 2 N–H and O–H groups in total. The smallest absolute Gasteiger partial charge is 0.243 e. The molecule has 0 spiro atoms. The Bertz CT molecular complexity index is 1520. The minimum absolute atomic E-state index is 0.0877. The summed E-state index contributed by atoms with van der Waals surface area (Å²) in [6.45, 7) is 4.76. The van der Waals surface area contributed by atoms with Gasteiger partial charge in [0.1, 0.15) is 5.75 Å². The number of anilines is 2. The Morgan fingerprint density at radius 2 is 1.62 bits per heavy atom. The van der Waals surface area contributed by atoms with Crippen LogP contribution in [0.2, 0.25) is 0 Å². The topological polar surface area (TPSA) is 118 Å². The monoisotopic (exact) mass is 580 g/mol. The van der Waals surface area contributed by atoms with Crippen LogP contribution in [0.1, 0.15) is 19.7 Å². The molecule has 0 radical (unpaired) electrons. The van der Waals surface area contributed by atoms with Crippen molar-refractivity contribution in [1.29, 1.82) is 0 Å². The van der Waals surface area contributed by atoms with Gasteiger partial charge in [-0.25, -0.2) is 8.42 Å². The molecule has 0 aliphatic carbocycles. The van der Waals surface area contributed by atoms with E-state index in [0.717, 1.165) is 17.1 Å². The summed E-state index contributed by atoms with van der Waals surface area (Å²) in [5.41, 5.74) is 2.21. The lowest BCUT2D eigenvalue weighted by Crippen LogP contribution is -2.30. The quantitative estimate of drug-likeness (QED) is 0.220. The fraction of sp³-hybridized carbons (Fsp3) is 0.250. The van der Waals surface area contributed by atoms with Gasteiger partial charge in [-0.2, -0.15) is 4.31 Å². The second-order valence-electron chi connectivity index (χ2n) is 8.57. The molecule has 0 aliphatic rings. The van der Waals surface area contributed by atoms with Crippen LogP contribution in [-0.2, 0) is 21.4 Å². The summed E-state index contributed by atoms with van der Waals surface area (Å²) in [6.07, 6.45) is 0. The first-order chi connectivity index (χ1) is 19.4. The second-order valence-corrected chi connectivity index (χ2v) is 11.5. The van der Waals surface area contributed by atoms with Crippen LogP contribution < -0.4 is 15.4 Å². The number of amides is 1. The average Bonchev–Trinajstić information content (AvgIpc) is 3.39. The molecular formula is C28H32N6O4S2. The maximum absolute atomic E-state index is 12.8. The molecule has 210 valence electrons. The highest BCUT2D eigenvalue weighted by atomic mass is 32.2. The number of carbonyl (C=O) groups excluding carboxylic acids is 1. The molecule has 0 fully saturated rings. The van der Waals surface area contributed by atoms with E-state index in [1.165, 1.54) is 28.2 Å². The van der Waals surface area contributed by atoms with Crippen molar-refractivity contribution in [3.05, 3.63) is 84.7 Å². The lowest BCUT2D eigenvalue weighted by molar-refractivity contribution is -0.113. The number of ether oxygens (including phenoxy) is 1. The summed E-state index contributed by atoms with van der Waals surface area (Å²) in [5, 5.41) is 15.5.